The molecule has 2 amide bonds. The number of benzene rings is 2. The van der Waals surface area contributed by atoms with Gasteiger partial charge in [0.15, 0.2) is 0 Å². The highest BCUT2D eigenvalue weighted by Crippen LogP contribution is 2.21. The molecule has 0 saturated carbocycles. The SMILES string of the molecule is O=C(NCc1ccccc1NC(=O)C(F)(F)F)c1ccc(Cl)cc1. The van der Waals surface area contributed by atoms with E-state index in [-0.39, 0.29) is 12.2 Å². The van der Waals surface area contributed by atoms with Crippen LogP contribution in [0.25, 0.3) is 0 Å². The third-order valence-corrected chi connectivity index (χ3v) is 3.32. The van der Waals surface area contributed by atoms with Crippen LogP contribution in [0.1, 0.15) is 15.9 Å². The van der Waals surface area contributed by atoms with Crippen LogP contribution >= 0.6 is 11.6 Å². The van der Waals surface area contributed by atoms with Gasteiger partial charge in [-0.05, 0) is 35.9 Å². The predicted molar refractivity (Wildman–Crippen MR) is 83.7 cm³/mol. The van der Waals surface area contributed by atoms with E-state index < -0.39 is 18.0 Å². The van der Waals surface area contributed by atoms with Gasteiger partial charge in [-0.25, -0.2) is 0 Å². The van der Waals surface area contributed by atoms with Crippen molar-refractivity contribution in [2.45, 2.75) is 12.7 Å². The van der Waals surface area contributed by atoms with Crippen molar-refractivity contribution in [1.82, 2.24) is 5.32 Å². The zero-order valence-electron chi connectivity index (χ0n) is 12.2. The molecule has 24 heavy (non-hydrogen) atoms. The molecule has 8 heteroatoms. The van der Waals surface area contributed by atoms with Crippen LogP contribution in [0.2, 0.25) is 5.02 Å². The summed E-state index contributed by atoms with van der Waals surface area (Å²) in [5.41, 5.74) is 0.685. The highest BCUT2D eigenvalue weighted by molar-refractivity contribution is 6.30. The van der Waals surface area contributed by atoms with E-state index in [0.29, 0.717) is 16.1 Å². The summed E-state index contributed by atoms with van der Waals surface area (Å²) < 4.78 is 37.0. The maximum Gasteiger partial charge on any atom is 0.471 e. The fourth-order valence-corrected chi connectivity index (χ4v) is 1.99. The molecule has 0 saturated heterocycles. The van der Waals surface area contributed by atoms with E-state index in [9.17, 15) is 22.8 Å². The van der Waals surface area contributed by atoms with Gasteiger partial charge in [-0.3, -0.25) is 9.59 Å². The van der Waals surface area contributed by atoms with E-state index in [1.54, 1.807) is 23.5 Å². The van der Waals surface area contributed by atoms with Gasteiger partial charge >= 0.3 is 12.1 Å². The van der Waals surface area contributed by atoms with Crippen molar-refractivity contribution in [3.8, 4) is 0 Å². The second-order valence-corrected chi connectivity index (χ2v) is 5.24. The number of anilines is 1. The highest BCUT2D eigenvalue weighted by atomic mass is 35.5. The molecular weight excluding hydrogens is 345 g/mol. The van der Waals surface area contributed by atoms with E-state index >= 15 is 0 Å². The fourth-order valence-electron chi connectivity index (χ4n) is 1.87. The number of carbonyl (C=O) groups is 2. The Morgan fingerprint density at radius 1 is 1.00 bits per heavy atom. The Morgan fingerprint density at radius 3 is 2.25 bits per heavy atom. The average Bonchev–Trinajstić information content (AvgIpc) is 2.53. The van der Waals surface area contributed by atoms with Gasteiger partial charge in [-0.2, -0.15) is 13.2 Å². The van der Waals surface area contributed by atoms with Crippen molar-refractivity contribution >= 4 is 29.1 Å². The molecule has 0 spiro atoms. The summed E-state index contributed by atoms with van der Waals surface area (Å²) in [4.78, 5) is 23.0. The van der Waals surface area contributed by atoms with Crippen molar-refractivity contribution in [2.75, 3.05) is 5.32 Å². The number of nitrogens with one attached hydrogen (secondary N) is 2. The van der Waals surface area contributed by atoms with Crippen LogP contribution in [0.5, 0.6) is 0 Å². The van der Waals surface area contributed by atoms with Crippen LogP contribution in [0.4, 0.5) is 18.9 Å². The molecule has 0 atom stereocenters. The topological polar surface area (TPSA) is 58.2 Å². The molecule has 4 nitrogen and oxygen atoms in total. The molecule has 0 aromatic heterocycles. The monoisotopic (exact) mass is 356 g/mol. The summed E-state index contributed by atoms with van der Waals surface area (Å²) in [6.07, 6.45) is -4.99. The number of rotatable bonds is 4. The van der Waals surface area contributed by atoms with E-state index in [2.05, 4.69) is 5.32 Å². The number of halogens is 4. The van der Waals surface area contributed by atoms with E-state index in [4.69, 9.17) is 11.6 Å². The first-order valence-corrected chi connectivity index (χ1v) is 7.15. The van der Waals surface area contributed by atoms with Crippen molar-refractivity contribution in [3.05, 3.63) is 64.7 Å². The number of para-hydroxylation sites is 1. The summed E-state index contributed by atoms with van der Waals surface area (Å²) in [6, 6.07) is 12.1. The van der Waals surface area contributed by atoms with Crippen LogP contribution in [-0.2, 0) is 11.3 Å². The van der Waals surface area contributed by atoms with Crippen molar-refractivity contribution in [3.63, 3.8) is 0 Å². The predicted octanol–water partition coefficient (Wildman–Crippen LogP) is 3.77. The number of alkyl halides is 3. The lowest BCUT2D eigenvalue weighted by molar-refractivity contribution is -0.167. The Kier molecular flexibility index (Phi) is 5.46. The third kappa shape index (κ3) is 4.73. The molecule has 2 aromatic carbocycles. The maximum atomic E-state index is 12.3. The normalized spacial score (nSPS) is 11.0. The zero-order chi connectivity index (χ0) is 17.7. The fraction of sp³-hybridized carbons (Fsp3) is 0.125. The third-order valence-electron chi connectivity index (χ3n) is 3.07. The van der Waals surface area contributed by atoms with Crippen LogP contribution < -0.4 is 10.6 Å². The van der Waals surface area contributed by atoms with Gasteiger partial charge < -0.3 is 10.6 Å². The van der Waals surface area contributed by atoms with Gasteiger partial charge in [-0.1, -0.05) is 29.8 Å². The largest absolute Gasteiger partial charge is 0.471 e. The van der Waals surface area contributed by atoms with Crippen LogP contribution in [0.3, 0.4) is 0 Å². The molecule has 2 rings (SSSR count). The van der Waals surface area contributed by atoms with Crippen molar-refractivity contribution < 1.29 is 22.8 Å². The minimum atomic E-state index is -4.99. The van der Waals surface area contributed by atoms with Crippen molar-refractivity contribution in [2.24, 2.45) is 0 Å². The minimum absolute atomic E-state index is 0.0174. The standard InChI is InChI=1S/C16H12ClF3N2O2/c17-12-7-5-10(6-8-12)14(23)21-9-11-3-1-2-4-13(11)22-15(24)16(18,19)20/h1-8H,9H2,(H,21,23)(H,22,24). The van der Waals surface area contributed by atoms with Crippen LogP contribution in [-0.4, -0.2) is 18.0 Å². The Bertz CT molecular complexity index is 746. The first-order chi connectivity index (χ1) is 11.3. The quantitative estimate of drug-likeness (QED) is 0.876. The van der Waals surface area contributed by atoms with Crippen LogP contribution in [0.15, 0.2) is 48.5 Å². The average molecular weight is 357 g/mol. The van der Waals surface area contributed by atoms with Gasteiger partial charge in [0.25, 0.3) is 5.91 Å². The molecule has 0 bridgehead atoms. The summed E-state index contributed by atoms with van der Waals surface area (Å²) in [6.45, 7) is -0.0459. The second-order valence-electron chi connectivity index (χ2n) is 4.80. The number of hydrogen-bond acceptors (Lipinski definition) is 2. The van der Waals surface area contributed by atoms with Gasteiger partial charge in [0.1, 0.15) is 0 Å². The molecule has 0 aliphatic heterocycles. The molecule has 0 aliphatic rings. The Morgan fingerprint density at radius 2 is 1.62 bits per heavy atom. The lowest BCUT2D eigenvalue weighted by Crippen LogP contribution is -2.31. The lowest BCUT2D eigenvalue weighted by Gasteiger charge is -2.13. The van der Waals surface area contributed by atoms with Gasteiger partial charge in [0.2, 0.25) is 0 Å². The number of carbonyl (C=O) groups excluding carboxylic acids is 2. The Hall–Kier alpha value is -2.54. The zero-order valence-corrected chi connectivity index (χ0v) is 12.9. The van der Waals surface area contributed by atoms with Gasteiger partial charge in [-0.15, -0.1) is 0 Å². The number of hydrogen-bond donors (Lipinski definition) is 2. The second kappa shape index (κ2) is 7.35. The summed E-state index contributed by atoms with van der Waals surface area (Å²) in [5, 5.41) is 4.84. The molecule has 0 heterocycles. The first-order valence-electron chi connectivity index (χ1n) is 6.77. The molecule has 2 N–H and O–H groups in total. The Labute approximate surface area is 140 Å². The molecule has 0 fully saturated rings. The summed E-state index contributed by atoms with van der Waals surface area (Å²) in [5.74, 6) is -2.48. The minimum Gasteiger partial charge on any atom is -0.348 e. The van der Waals surface area contributed by atoms with E-state index in [1.165, 1.54) is 30.3 Å². The maximum absolute atomic E-state index is 12.3. The van der Waals surface area contributed by atoms with Crippen molar-refractivity contribution in [1.29, 1.82) is 0 Å². The van der Waals surface area contributed by atoms with Crippen LogP contribution in [0, 0.1) is 0 Å². The first kappa shape index (κ1) is 17.8. The molecule has 0 unspecified atom stereocenters. The van der Waals surface area contributed by atoms with E-state index in [0.717, 1.165) is 0 Å². The lowest BCUT2D eigenvalue weighted by atomic mass is 10.1. The summed E-state index contributed by atoms with van der Waals surface area (Å²) in [7, 11) is 0. The van der Waals surface area contributed by atoms with E-state index in [1.807, 2.05) is 0 Å². The smallest absolute Gasteiger partial charge is 0.348 e. The Balaban J connectivity index is 2.06. The van der Waals surface area contributed by atoms with Gasteiger partial charge in [0.05, 0.1) is 0 Å². The molecule has 2 aromatic rings. The van der Waals surface area contributed by atoms with Gasteiger partial charge in [0, 0.05) is 22.8 Å². The number of amides is 2. The molecule has 0 aliphatic carbocycles. The summed E-state index contributed by atoms with van der Waals surface area (Å²) >= 11 is 5.73. The highest BCUT2D eigenvalue weighted by Gasteiger charge is 2.38. The molecule has 126 valence electrons. The molecular formula is C16H12ClF3N2O2. The molecule has 0 radical (unpaired) electrons.